The Morgan fingerprint density at radius 2 is 2.06 bits per heavy atom. The SMILES string of the molecule is Cl.NCCCC[C@@H](N)c1cccc2c1OCO2. The molecular formula is C12H19ClN2O2. The van der Waals surface area contributed by atoms with Crippen LogP contribution >= 0.6 is 12.4 Å². The maximum atomic E-state index is 6.13. The highest BCUT2D eigenvalue weighted by molar-refractivity contribution is 5.85. The second-order valence-corrected chi connectivity index (χ2v) is 3.97. The number of rotatable bonds is 5. The van der Waals surface area contributed by atoms with Gasteiger partial charge in [0.25, 0.3) is 0 Å². The van der Waals surface area contributed by atoms with Gasteiger partial charge in [-0.2, -0.15) is 0 Å². The third-order valence-corrected chi connectivity index (χ3v) is 2.80. The molecule has 0 fully saturated rings. The molecule has 2 rings (SSSR count). The van der Waals surface area contributed by atoms with E-state index in [4.69, 9.17) is 20.9 Å². The third kappa shape index (κ3) is 3.25. The number of halogens is 1. The van der Waals surface area contributed by atoms with Crippen LogP contribution < -0.4 is 20.9 Å². The standard InChI is InChI=1S/C12H18N2O2.ClH/c13-7-2-1-5-10(14)9-4-3-6-11-12(9)16-8-15-11;/h3-4,6,10H,1-2,5,7-8,13-14H2;1H/t10-;/m1./s1. The summed E-state index contributed by atoms with van der Waals surface area (Å²) in [6.45, 7) is 1.01. The molecule has 0 bridgehead atoms. The lowest BCUT2D eigenvalue weighted by Crippen LogP contribution is -2.12. The zero-order valence-corrected chi connectivity index (χ0v) is 10.5. The Morgan fingerprint density at radius 3 is 2.82 bits per heavy atom. The van der Waals surface area contributed by atoms with Crippen molar-refractivity contribution in [2.45, 2.75) is 25.3 Å². The zero-order valence-electron chi connectivity index (χ0n) is 9.72. The first-order valence-corrected chi connectivity index (χ1v) is 5.67. The molecule has 0 aromatic heterocycles. The van der Waals surface area contributed by atoms with E-state index in [1.165, 1.54) is 0 Å². The number of hydrogen-bond acceptors (Lipinski definition) is 4. The quantitative estimate of drug-likeness (QED) is 0.792. The van der Waals surface area contributed by atoms with E-state index < -0.39 is 0 Å². The summed E-state index contributed by atoms with van der Waals surface area (Å²) in [4.78, 5) is 0. The largest absolute Gasteiger partial charge is 0.454 e. The Kier molecular flexibility index (Phi) is 5.55. The second-order valence-electron chi connectivity index (χ2n) is 3.97. The van der Waals surface area contributed by atoms with E-state index >= 15 is 0 Å². The highest BCUT2D eigenvalue weighted by atomic mass is 35.5. The molecule has 0 saturated heterocycles. The predicted octanol–water partition coefficient (Wildman–Crippen LogP) is 1.97. The fourth-order valence-corrected chi connectivity index (χ4v) is 1.91. The van der Waals surface area contributed by atoms with Gasteiger partial charge >= 0.3 is 0 Å². The molecule has 5 heteroatoms. The molecule has 1 aliphatic rings. The summed E-state index contributed by atoms with van der Waals surface area (Å²) in [5.41, 5.74) is 12.6. The summed E-state index contributed by atoms with van der Waals surface area (Å²) >= 11 is 0. The first-order valence-electron chi connectivity index (χ1n) is 5.67. The maximum absolute atomic E-state index is 6.13. The lowest BCUT2D eigenvalue weighted by atomic mass is 10.0. The van der Waals surface area contributed by atoms with Crippen LogP contribution in [0.5, 0.6) is 11.5 Å². The van der Waals surface area contributed by atoms with Crippen LogP contribution in [0.1, 0.15) is 30.9 Å². The summed E-state index contributed by atoms with van der Waals surface area (Å²) in [6, 6.07) is 5.85. The molecule has 0 spiro atoms. The molecule has 4 nitrogen and oxygen atoms in total. The normalized spacial score (nSPS) is 14.2. The number of unbranched alkanes of at least 4 members (excludes halogenated alkanes) is 1. The van der Waals surface area contributed by atoms with Crippen LogP contribution in [0.2, 0.25) is 0 Å². The smallest absolute Gasteiger partial charge is 0.231 e. The Bertz CT molecular complexity index is 360. The first-order chi connectivity index (χ1) is 7.83. The van der Waals surface area contributed by atoms with Gasteiger partial charge in [0, 0.05) is 11.6 Å². The van der Waals surface area contributed by atoms with Gasteiger partial charge in [-0.05, 0) is 25.5 Å². The summed E-state index contributed by atoms with van der Waals surface area (Å²) in [7, 11) is 0. The van der Waals surface area contributed by atoms with E-state index in [2.05, 4.69) is 0 Å². The molecular weight excluding hydrogens is 240 g/mol. The van der Waals surface area contributed by atoms with E-state index in [9.17, 15) is 0 Å². The molecule has 1 aliphatic heterocycles. The third-order valence-electron chi connectivity index (χ3n) is 2.80. The Balaban J connectivity index is 0.00000144. The summed E-state index contributed by atoms with van der Waals surface area (Å²) in [6.07, 6.45) is 2.99. The zero-order chi connectivity index (χ0) is 11.4. The summed E-state index contributed by atoms with van der Waals surface area (Å²) < 4.78 is 10.7. The van der Waals surface area contributed by atoms with Crippen molar-refractivity contribution in [2.24, 2.45) is 11.5 Å². The summed E-state index contributed by atoms with van der Waals surface area (Å²) in [5.74, 6) is 1.61. The van der Waals surface area contributed by atoms with Crippen LogP contribution in [-0.2, 0) is 0 Å². The maximum Gasteiger partial charge on any atom is 0.231 e. The van der Waals surface area contributed by atoms with Crippen molar-refractivity contribution < 1.29 is 9.47 Å². The van der Waals surface area contributed by atoms with Crippen molar-refractivity contribution >= 4 is 12.4 Å². The molecule has 1 heterocycles. The van der Waals surface area contributed by atoms with Crippen molar-refractivity contribution in [1.29, 1.82) is 0 Å². The van der Waals surface area contributed by atoms with Gasteiger partial charge in [0.05, 0.1) is 0 Å². The molecule has 1 aromatic rings. The molecule has 0 amide bonds. The van der Waals surface area contributed by atoms with Crippen LogP contribution in [-0.4, -0.2) is 13.3 Å². The van der Waals surface area contributed by atoms with E-state index in [0.717, 1.165) is 42.9 Å². The van der Waals surface area contributed by atoms with Crippen molar-refractivity contribution in [3.63, 3.8) is 0 Å². The van der Waals surface area contributed by atoms with Gasteiger partial charge in [0.1, 0.15) is 0 Å². The fourth-order valence-electron chi connectivity index (χ4n) is 1.91. The lowest BCUT2D eigenvalue weighted by molar-refractivity contribution is 0.173. The predicted molar refractivity (Wildman–Crippen MR) is 69.6 cm³/mol. The molecule has 0 saturated carbocycles. The van der Waals surface area contributed by atoms with E-state index in [1.54, 1.807) is 0 Å². The average Bonchev–Trinajstić information content (AvgIpc) is 2.76. The molecule has 0 radical (unpaired) electrons. The topological polar surface area (TPSA) is 70.5 Å². The van der Waals surface area contributed by atoms with Crippen molar-refractivity contribution in [3.05, 3.63) is 23.8 Å². The van der Waals surface area contributed by atoms with Gasteiger partial charge in [-0.1, -0.05) is 18.6 Å². The Labute approximate surface area is 108 Å². The minimum absolute atomic E-state index is 0. The molecule has 0 aliphatic carbocycles. The second kappa shape index (κ2) is 6.69. The number of hydrogen-bond donors (Lipinski definition) is 2. The van der Waals surface area contributed by atoms with Gasteiger partial charge in [-0.3, -0.25) is 0 Å². The fraction of sp³-hybridized carbons (Fsp3) is 0.500. The van der Waals surface area contributed by atoms with Gasteiger partial charge in [0.15, 0.2) is 11.5 Å². The Morgan fingerprint density at radius 1 is 1.24 bits per heavy atom. The van der Waals surface area contributed by atoms with Gasteiger partial charge in [-0.15, -0.1) is 12.4 Å². The number of fused-ring (bicyclic) bond motifs is 1. The van der Waals surface area contributed by atoms with Gasteiger partial charge in [0.2, 0.25) is 6.79 Å². The van der Waals surface area contributed by atoms with Crippen molar-refractivity contribution in [2.75, 3.05) is 13.3 Å². The van der Waals surface area contributed by atoms with Crippen LogP contribution in [0.25, 0.3) is 0 Å². The van der Waals surface area contributed by atoms with Crippen LogP contribution in [0.15, 0.2) is 18.2 Å². The number of para-hydroxylation sites is 1. The monoisotopic (exact) mass is 258 g/mol. The molecule has 17 heavy (non-hydrogen) atoms. The first kappa shape index (κ1) is 14.1. The van der Waals surface area contributed by atoms with Crippen LogP contribution in [0.4, 0.5) is 0 Å². The number of ether oxygens (including phenoxy) is 2. The molecule has 96 valence electrons. The van der Waals surface area contributed by atoms with Gasteiger partial charge in [-0.25, -0.2) is 0 Å². The highest BCUT2D eigenvalue weighted by Crippen LogP contribution is 2.38. The minimum Gasteiger partial charge on any atom is -0.454 e. The van der Waals surface area contributed by atoms with Crippen molar-refractivity contribution in [3.8, 4) is 11.5 Å². The average molecular weight is 259 g/mol. The lowest BCUT2D eigenvalue weighted by Gasteiger charge is -2.13. The minimum atomic E-state index is 0. The number of benzene rings is 1. The van der Waals surface area contributed by atoms with E-state index in [-0.39, 0.29) is 18.4 Å². The molecule has 4 N–H and O–H groups in total. The van der Waals surface area contributed by atoms with Crippen molar-refractivity contribution in [1.82, 2.24) is 0 Å². The molecule has 0 unspecified atom stereocenters. The van der Waals surface area contributed by atoms with E-state index in [1.807, 2.05) is 18.2 Å². The van der Waals surface area contributed by atoms with Crippen LogP contribution in [0, 0.1) is 0 Å². The molecule has 1 aromatic carbocycles. The number of nitrogens with two attached hydrogens (primary N) is 2. The van der Waals surface area contributed by atoms with Gasteiger partial charge < -0.3 is 20.9 Å². The summed E-state index contributed by atoms with van der Waals surface area (Å²) in [5, 5.41) is 0. The van der Waals surface area contributed by atoms with Crippen LogP contribution in [0.3, 0.4) is 0 Å². The molecule has 1 atom stereocenters. The van der Waals surface area contributed by atoms with E-state index in [0.29, 0.717) is 6.79 Å². The Hall–Kier alpha value is -0.970. The highest BCUT2D eigenvalue weighted by Gasteiger charge is 2.20.